The molecule has 0 spiro atoms. The third kappa shape index (κ3) is 6.63. The van der Waals surface area contributed by atoms with Gasteiger partial charge in [0.15, 0.2) is 0 Å². The third-order valence-corrected chi connectivity index (χ3v) is 12.1. The number of para-hydroxylation sites is 1. The second kappa shape index (κ2) is 15.6. The summed E-state index contributed by atoms with van der Waals surface area (Å²) in [5.41, 5.74) is 15.1. The Morgan fingerprint density at radius 1 is 0.230 bits per heavy atom. The van der Waals surface area contributed by atoms with Crippen molar-refractivity contribution in [3.63, 3.8) is 0 Å². The van der Waals surface area contributed by atoms with E-state index in [0.717, 1.165) is 39.3 Å². The van der Waals surface area contributed by atoms with Crippen LogP contribution in [0.15, 0.2) is 249 Å². The van der Waals surface area contributed by atoms with E-state index >= 15 is 0 Å². The first kappa shape index (κ1) is 36.1. The molecule has 0 unspecified atom stereocenters. The standard InChI is InChI=1S/C60H41N/c1-4-17-42(18-5-1)48-36-39-52(43-19-6-2-7-20-43)59(41-48)61(49-37-33-46(34-38-49)51-28-16-30-54-50-26-11-10-23-45(50)35-40-55(51)54)58-32-13-12-27-56(58)57-31-15-25-47-24-14-29-53(60(47)57)44-21-8-3-9-22-44/h1-41H. The van der Waals surface area contributed by atoms with Crippen LogP contribution in [0.5, 0.6) is 0 Å². The first-order valence-electron chi connectivity index (χ1n) is 21.0. The highest BCUT2D eigenvalue weighted by Gasteiger charge is 2.23. The van der Waals surface area contributed by atoms with Gasteiger partial charge in [0.25, 0.3) is 0 Å². The van der Waals surface area contributed by atoms with Crippen molar-refractivity contribution in [1.29, 1.82) is 0 Å². The molecule has 286 valence electrons. The van der Waals surface area contributed by atoms with E-state index in [4.69, 9.17) is 0 Å². The van der Waals surface area contributed by atoms with Gasteiger partial charge in [0, 0.05) is 16.8 Å². The molecule has 0 aliphatic carbocycles. The molecule has 0 fully saturated rings. The zero-order valence-corrected chi connectivity index (χ0v) is 33.6. The fourth-order valence-electron chi connectivity index (χ4n) is 9.20. The molecule has 0 radical (unpaired) electrons. The summed E-state index contributed by atoms with van der Waals surface area (Å²) in [6.07, 6.45) is 0. The Morgan fingerprint density at radius 2 is 0.754 bits per heavy atom. The lowest BCUT2D eigenvalue weighted by molar-refractivity contribution is 1.28. The van der Waals surface area contributed by atoms with Gasteiger partial charge in [-0.1, -0.05) is 224 Å². The second-order valence-corrected chi connectivity index (χ2v) is 15.6. The highest BCUT2D eigenvalue weighted by molar-refractivity contribution is 6.12. The van der Waals surface area contributed by atoms with Gasteiger partial charge in [0.1, 0.15) is 0 Å². The van der Waals surface area contributed by atoms with Crippen LogP contribution in [0.2, 0.25) is 0 Å². The zero-order chi connectivity index (χ0) is 40.5. The van der Waals surface area contributed by atoms with E-state index in [-0.39, 0.29) is 0 Å². The molecule has 61 heavy (non-hydrogen) atoms. The van der Waals surface area contributed by atoms with Gasteiger partial charge in [-0.2, -0.15) is 0 Å². The topological polar surface area (TPSA) is 3.24 Å². The summed E-state index contributed by atoms with van der Waals surface area (Å²) < 4.78 is 0. The van der Waals surface area contributed by atoms with Crippen molar-refractivity contribution in [3.8, 4) is 55.6 Å². The first-order valence-corrected chi connectivity index (χ1v) is 21.0. The SMILES string of the molecule is c1ccc(-c2ccc(-c3ccccc3)c(N(c3ccc(-c4cccc5c4ccc4ccccc45)cc3)c3ccccc3-c3cccc4cccc(-c5ccccc5)c34)c2)cc1. The minimum Gasteiger partial charge on any atom is -0.309 e. The molecule has 0 aliphatic rings. The Balaban J connectivity index is 1.16. The van der Waals surface area contributed by atoms with Gasteiger partial charge in [-0.25, -0.2) is 0 Å². The van der Waals surface area contributed by atoms with Crippen LogP contribution in [0.4, 0.5) is 17.1 Å². The Bertz CT molecular complexity index is 3330. The van der Waals surface area contributed by atoms with Gasteiger partial charge >= 0.3 is 0 Å². The molecule has 11 aromatic rings. The summed E-state index contributed by atoms with van der Waals surface area (Å²) in [6.45, 7) is 0. The molecule has 0 heterocycles. The Kier molecular flexibility index (Phi) is 9.26. The predicted octanol–water partition coefficient (Wildman–Crippen LogP) is 17.0. The Morgan fingerprint density at radius 3 is 1.51 bits per heavy atom. The molecule has 1 nitrogen and oxygen atoms in total. The largest absolute Gasteiger partial charge is 0.309 e. The fraction of sp³-hybridized carbons (Fsp3) is 0. The highest BCUT2D eigenvalue weighted by Crippen LogP contribution is 2.48. The molecule has 0 saturated heterocycles. The predicted molar refractivity (Wildman–Crippen MR) is 261 cm³/mol. The maximum atomic E-state index is 2.48. The van der Waals surface area contributed by atoms with E-state index in [9.17, 15) is 0 Å². The average Bonchev–Trinajstić information content (AvgIpc) is 3.34. The van der Waals surface area contributed by atoms with E-state index in [2.05, 4.69) is 254 Å². The van der Waals surface area contributed by atoms with Crippen LogP contribution < -0.4 is 4.90 Å². The molecule has 1 heteroatoms. The van der Waals surface area contributed by atoms with Crippen LogP contribution in [-0.2, 0) is 0 Å². The van der Waals surface area contributed by atoms with E-state index in [1.54, 1.807) is 0 Å². The molecular weight excluding hydrogens is 735 g/mol. The van der Waals surface area contributed by atoms with Gasteiger partial charge in [-0.15, -0.1) is 0 Å². The maximum Gasteiger partial charge on any atom is 0.0546 e. The summed E-state index contributed by atoms with van der Waals surface area (Å²) in [7, 11) is 0. The lowest BCUT2D eigenvalue weighted by Crippen LogP contribution is -2.13. The van der Waals surface area contributed by atoms with Crippen LogP contribution in [-0.4, -0.2) is 0 Å². The molecule has 0 saturated carbocycles. The quantitative estimate of drug-likeness (QED) is 0.139. The third-order valence-electron chi connectivity index (χ3n) is 12.1. The highest BCUT2D eigenvalue weighted by atomic mass is 15.1. The van der Waals surface area contributed by atoms with Crippen molar-refractivity contribution in [2.75, 3.05) is 4.90 Å². The first-order chi connectivity index (χ1) is 30.3. The van der Waals surface area contributed by atoms with Crippen molar-refractivity contribution < 1.29 is 0 Å². The number of hydrogen-bond donors (Lipinski definition) is 0. The number of fused-ring (bicyclic) bond motifs is 4. The minimum atomic E-state index is 1.08. The molecule has 0 atom stereocenters. The van der Waals surface area contributed by atoms with Gasteiger partial charge in [-0.05, 0) is 101 Å². The van der Waals surface area contributed by atoms with E-state index in [0.29, 0.717) is 0 Å². The average molecular weight is 776 g/mol. The van der Waals surface area contributed by atoms with E-state index in [1.807, 2.05) is 0 Å². The van der Waals surface area contributed by atoms with Crippen molar-refractivity contribution in [1.82, 2.24) is 0 Å². The normalized spacial score (nSPS) is 11.3. The summed E-state index contributed by atoms with van der Waals surface area (Å²) in [6, 6.07) is 90.6. The van der Waals surface area contributed by atoms with Crippen molar-refractivity contribution >= 4 is 49.4 Å². The van der Waals surface area contributed by atoms with Gasteiger partial charge in [-0.3, -0.25) is 0 Å². The van der Waals surface area contributed by atoms with Crippen LogP contribution in [0.25, 0.3) is 88.0 Å². The van der Waals surface area contributed by atoms with Crippen LogP contribution >= 0.6 is 0 Å². The van der Waals surface area contributed by atoms with Crippen molar-refractivity contribution in [3.05, 3.63) is 249 Å². The number of nitrogens with zero attached hydrogens (tertiary/aromatic N) is 1. The lowest BCUT2D eigenvalue weighted by atomic mass is 9.90. The summed E-state index contributed by atoms with van der Waals surface area (Å²) in [5, 5.41) is 7.50. The number of rotatable bonds is 8. The number of anilines is 3. The van der Waals surface area contributed by atoms with Gasteiger partial charge in [0.2, 0.25) is 0 Å². The lowest BCUT2D eigenvalue weighted by Gasteiger charge is -2.31. The Hall–Kier alpha value is -8.00. The molecule has 0 aliphatic heterocycles. The molecule has 11 aromatic carbocycles. The van der Waals surface area contributed by atoms with E-state index in [1.165, 1.54) is 65.7 Å². The Labute approximate surface area is 357 Å². The molecule has 0 bridgehead atoms. The summed E-state index contributed by atoms with van der Waals surface area (Å²) in [5.74, 6) is 0. The van der Waals surface area contributed by atoms with E-state index < -0.39 is 0 Å². The van der Waals surface area contributed by atoms with Gasteiger partial charge < -0.3 is 4.90 Å². The molecule has 0 aromatic heterocycles. The summed E-state index contributed by atoms with van der Waals surface area (Å²) in [4.78, 5) is 2.48. The maximum absolute atomic E-state index is 2.48. The monoisotopic (exact) mass is 775 g/mol. The van der Waals surface area contributed by atoms with Crippen LogP contribution in [0, 0.1) is 0 Å². The minimum absolute atomic E-state index is 1.08. The zero-order valence-electron chi connectivity index (χ0n) is 33.6. The smallest absolute Gasteiger partial charge is 0.0546 e. The molecule has 0 N–H and O–H groups in total. The van der Waals surface area contributed by atoms with Crippen molar-refractivity contribution in [2.24, 2.45) is 0 Å². The fourth-order valence-corrected chi connectivity index (χ4v) is 9.20. The molecule has 0 amide bonds. The number of benzene rings is 11. The second-order valence-electron chi connectivity index (χ2n) is 15.6. The molecule has 11 rings (SSSR count). The molecular formula is C60H41N. The number of hydrogen-bond acceptors (Lipinski definition) is 1. The van der Waals surface area contributed by atoms with Crippen LogP contribution in [0.1, 0.15) is 0 Å². The van der Waals surface area contributed by atoms with Crippen LogP contribution in [0.3, 0.4) is 0 Å². The van der Waals surface area contributed by atoms with Gasteiger partial charge in [0.05, 0.1) is 11.4 Å². The summed E-state index contributed by atoms with van der Waals surface area (Å²) >= 11 is 0. The van der Waals surface area contributed by atoms with Crippen molar-refractivity contribution in [2.45, 2.75) is 0 Å².